The first-order valence-electron chi connectivity index (χ1n) is 8.93. The number of amides is 1. The van der Waals surface area contributed by atoms with Gasteiger partial charge in [-0.05, 0) is 29.7 Å². The molecule has 1 amide bonds. The molecule has 2 aliphatic rings. The quantitative estimate of drug-likeness (QED) is 0.862. The Labute approximate surface area is 147 Å². The molecule has 25 heavy (non-hydrogen) atoms. The summed E-state index contributed by atoms with van der Waals surface area (Å²) < 4.78 is 11.0. The van der Waals surface area contributed by atoms with Crippen molar-refractivity contribution >= 4 is 16.7 Å². The minimum Gasteiger partial charge on any atom is -0.384 e. The van der Waals surface area contributed by atoms with Crippen molar-refractivity contribution in [2.75, 3.05) is 40.0 Å². The smallest absolute Gasteiger partial charge is 0.273 e. The number of hydrogen-bond acceptors (Lipinski definition) is 4. The highest BCUT2D eigenvalue weighted by Crippen LogP contribution is 2.44. The molecule has 1 unspecified atom stereocenters. The number of ether oxygens (including phenoxy) is 2. The zero-order valence-electron chi connectivity index (χ0n) is 14.6. The summed E-state index contributed by atoms with van der Waals surface area (Å²) in [6, 6.07) is 9.88. The van der Waals surface area contributed by atoms with E-state index in [1.54, 1.807) is 13.3 Å². The van der Waals surface area contributed by atoms with Crippen LogP contribution >= 0.6 is 0 Å². The Bertz CT molecular complexity index is 765. The molecule has 0 bridgehead atoms. The van der Waals surface area contributed by atoms with Gasteiger partial charge in [-0.25, -0.2) is 0 Å². The first kappa shape index (κ1) is 16.5. The fraction of sp³-hybridized carbons (Fsp3) is 0.500. The van der Waals surface area contributed by atoms with Crippen molar-refractivity contribution in [3.05, 3.63) is 42.2 Å². The lowest BCUT2D eigenvalue weighted by atomic mass is 9.72. The summed E-state index contributed by atoms with van der Waals surface area (Å²) in [6.07, 6.45) is 3.71. The molecule has 3 heterocycles. The molecule has 1 aromatic heterocycles. The summed E-state index contributed by atoms with van der Waals surface area (Å²) in [5, 5.41) is 1.97. The van der Waals surface area contributed by atoms with Gasteiger partial charge in [0.1, 0.15) is 5.69 Å². The third-order valence-corrected chi connectivity index (χ3v) is 5.83. The summed E-state index contributed by atoms with van der Waals surface area (Å²) in [7, 11) is 1.74. The van der Waals surface area contributed by atoms with Crippen molar-refractivity contribution in [2.24, 2.45) is 11.3 Å². The van der Waals surface area contributed by atoms with Crippen LogP contribution in [0.2, 0.25) is 0 Å². The number of pyridine rings is 1. The summed E-state index contributed by atoms with van der Waals surface area (Å²) in [5.74, 6) is 0.390. The van der Waals surface area contributed by atoms with Gasteiger partial charge in [0.2, 0.25) is 0 Å². The van der Waals surface area contributed by atoms with Gasteiger partial charge in [-0.15, -0.1) is 0 Å². The number of methoxy groups -OCH3 is 1. The Morgan fingerprint density at radius 1 is 1.32 bits per heavy atom. The number of benzene rings is 1. The molecule has 1 spiro atoms. The van der Waals surface area contributed by atoms with Gasteiger partial charge < -0.3 is 14.4 Å². The van der Waals surface area contributed by atoms with E-state index in [-0.39, 0.29) is 11.3 Å². The van der Waals surface area contributed by atoms with Crippen LogP contribution in [-0.4, -0.2) is 55.8 Å². The van der Waals surface area contributed by atoms with E-state index >= 15 is 0 Å². The number of carbonyl (C=O) groups is 1. The van der Waals surface area contributed by atoms with Crippen LogP contribution in [-0.2, 0) is 9.47 Å². The third-order valence-electron chi connectivity index (χ3n) is 5.83. The fourth-order valence-corrected chi connectivity index (χ4v) is 4.40. The average molecular weight is 340 g/mol. The third kappa shape index (κ3) is 2.92. The highest BCUT2D eigenvalue weighted by molar-refractivity contribution is 6.05. The van der Waals surface area contributed by atoms with Gasteiger partial charge in [0, 0.05) is 50.9 Å². The summed E-state index contributed by atoms with van der Waals surface area (Å²) in [6.45, 7) is 3.74. The number of aromatic nitrogens is 1. The molecule has 4 rings (SSSR count). The first-order valence-corrected chi connectivity index (χ1v) is 8.93. The zero-order valence-corrected chi connectivity index (χ0v) is 14.6. The number of rotatable bonds is 3. The molecule has 5 nitrogen and oxygen atoms in total. The minimum absolute atomic E-state index is 0.0290. The largest absolute Gasteiger partial charge is 0.384 e. The Morgan fingerprint density at radius 3 is 2.92 bits per heavy atom. The molecule has 0 radical (unpaired) electrons. The maximum absolute atomic E-state index is 13.2. The molecule has 1 atom stereocenters. The standard InChI is InChI=1S/C20H24N2O3/c1-24-13-16-12-22(14-20(16)7-10-25-11-8-20)19(23)18-17-5-3-2-4-15(17)6-9-21-18/h2-6,9,16H,7-8,10-14H2,1H3. The molecule has 5 heteroatoms. The van der Waals surface area contributed by atoms with Crippen molar-refractivity contribution in [3.8, 4) is 0 Å². The molecule has 0 N–H and O–H groups in total. The van der Waals surface area contributed by atoms with E-state index in [4.69, 9.17) is 9.47 Å². The van der Waals surface area contributed by atoms with Gasteiger partial charge >= 0.3 is 0 Å². The Kier molecular flexibility index (Phi) is 4.44. The first-order chi connectivity index (χ1) is 12.2. The molecule has 2 saturated heterocycles. The minimum atomic E-state index is 0.0290. The number of hydrogen-bond donors (Lipinski definition) is 0. The second-order valence-corrected chi connectivity index (χ2v) is 7.19. The number of fused-ring (bicyclic) bond motifs is 1. The van der Waals surface area contributed by atoms with Crippen LogP contribution in [0, 0.1) is 11.3 Å². The van der Waals surface area contributed by atoms with Gasteiger partial charge in [-0.1, -0.05) is 24.3 Å². The summed E-state index contributed by atoms with van der Waals surface area (Å²) >= 11 is 0. The van der Waals surface area contributed by atoms with Crippen LogP contribution in [0.3, 0.4) is 0 Å². The van der Waals surface area contributed by atoms with E-state index in [0.717, 1.165) is 49.9 Å². The zero-order chi connectivity index (χ0) is 17.3. The van der Waals surface area contributed by atoms with Crippen LogP contribution in [0.1, 0.15) is 23.3 Å². The van der Waals surface area contributed by atoms with E-state index in [1.807, 2.05) is 35.2 Å². The van der Waals surface area contributed by atoms with Crippen LogP contribution in [0.4, 0.5) is 0 Å². The van der Waals surface area contributed by atoms with Gasteiger partial charge in [-0.2, -0.15) is 0 Å². The molecule has 1 aromatic carbocycles. The Morgan fingerprint density at radius 2 is 2.12 bits per heavy atom. The second-order valence-electron chi connectivity index (χ2n) is 7.19. The lowest BCUT2D eigenvalue weighted by Crippen LogP contribution is -2.39. The van der Waals surface area contributed by atoms with Gasteiger partial charge in [0.25, 0.3) is 5.91 Å². The maximum atomic E-state index is 13.2. The average Bonchev–Trinajstić information content (AvgIpc) is 2.99. The van der Waals surface area contributed by atoms with E-state index in [9.17, 15) is 4.79 Å². The van der Waals surface area contributed by atoms with Crippen molar-refractivity contribution in [3.63, 3.8) is 0 Å². The molecular formula is C20H24N2O3. The highest BCUT2D eigenvalue weighted by Gasteiger charge is 2.48. The van der Waals surface area contributed by atoms with E-state index < -0.39 is 0 Å². The van der Waals surface area contributed by atoms with E-state index in [1.165, 1.54) is 0 Å². The molecule has 0 aliphatic carbocycles. The lowest BCUT2D eigenvalue weighted by Gasteiger charge is -2.37. The van der Waals surface area contributed by atoms with Gasteiger partial charge in [0.15, 0.2) is 0 Å². The van der Waals surface area contributed by atoms with Crippen molar-refractivity contribution in [1.82, 2.24) is 9.88 Å². The predicted molar refractivity (Wildman–Crippen MR) is 95.5 cm³/mol. The van der Waals surface area contributed by atoms with Crippen molar-refractivity contribution in [2.45, 2.75) is 12.8 Å². The van der Waals surface area contributed by atoms with Crippen LogP contribution < -0.4 is 0 Å². The van der Waals surface area contributed by atoms with E-state index in [2.05, 4.69) is 4.98 Å². The number of likely N-dealkylation sites (tertiary alicyclic amines) is 1. The Balaban J connectivity index is 1.64. The van der Waals surface area contributed by atoms with Gasteiger partial charge in [0.05, 0.1) is 6.61 Å². The number of nitrogens with zero attached hydrogens (tertiary/aromatic N) is 2. The topological polar surface area (TPSA) is 51.7 Å². The van der Waals surface area contributed by atoms with Crippen LogP contribution in [0.5, 0.6) is 0 Å². The van der Waals surface area contributed by atoms with Crippen molar-refractivity contribution in [1.29, 1.82) is 0 Å². The number of carbonyl (C=O) groups excluding carboxylic acids is 1. The van der Waals surface area contributed by atoms with Gasteiger partial charge in [-0.3, -0.25) is 9.78 Å². The molecule has 2 fully saturated rings. The molecular weight excluding hydrogens is 316 g/mol. The summed E-state index contributed by atoms with van der Waals surface area (Å²) in [4.78, 5) is 19.6. The Hall–Kier alpha value is -1.98. The molecule has 132 valence electrons. The maximum Gasteiger partial charge on any atom is 0.273 e. The van der Waals surface area contributed by atoms with Crippen LogP contribution in [0.15, 0.2) is 36.5 Å². The fourth-order valence-electron chi connectivity index (χ4n) is 4.40. The van der Waals surface area contributed by atoms with E-state index in [0.29, 0.717) is 18.2 Å². The highest BCUT2D eigenvalue weighted by atomic mass is 16.5. The monoisotopic (exact) mass is 340 g/mol. The molecule has 0 saturated carbocycles. The summed E-state index contributed by atoms with van der Waals surface area (Å²) in [5.41, 5.74) is 0.674. The van der Waals surface area contributed by atoms with Crippen LogP contribution in [0.25, 0.3) is 10.8 Å². The normalized spacial score (nSPS) is 22.6. The second kappa shape index (κ2) is 6.73. The SMILES string of the molecule is COCC1CN(C(=O)c2nccc3ccccc23)CC12CCOCC2. The molecule has 2 aliphatic heterocycles. The predicted octanol–water partition coefficient (Wildman–Crippen LogP) is 2.75. The lowest BCUT2D eigenvalue weighted by molar-refractivity contribution is -0.0169. The van der Waals surface area contributed by atoms with Crippen molar-refractivity contribution < 1.29 is 14.3 Å². The molecule has 2 aromatic rings.